The van der Waals surface area contributed by atoms with Crippen LogP contribution in [0.1, 0.15) is 68.3 Å². The van der Waals surface area contributed by atoms with Crippen molar-refractivity contribution in [2.75, 3.05) is 19.6 Å². The maximum Gasteiger partial charge on any atom is 0.258 e. The molecule has 1 aliphatic rings. The summed E-state index contributed by atoms with van der Waals surface area (Å²) in [5.74, 6) is -1.52. The zero-order valence-electron chi connectivity index (χ0n) is 29.0. The number of aryl methyl sites for hydroxylation is 1. The molecule has 4 heterocycles. The first-order valence-corrected chi connectivity index (χ1v) is 16.8. The summed E-state index contributed by atoms with van der Waals surface area (Å²) < 4.78 is 3.06. The van der Waals surface area contributed by atoms with Gasteiger partial charge in [-0.15, -0.1) is 0 Å². The predicted molar refractivity (Wildman–Crippen MR) is 184 cm³/mol. The summed E-state index contributed by atoms with van der Waals surface area (Å²) >= 11 is 0. The second-order valence-corrected chi connectivity index (χ2v) is 13.1. The first-order valence-electron chi connectivity index (χ1n) is 16.8. The van der Waals surface area contributed by atoms with Crippen molar-refractivity contribution in [3.63, 3.8) is 0 Å². The van der Waals surface area contributed by atoms with E-state index in [-0.39, 0.29) is 38.0 Å². The summed E-state index contributed by atoms with van der Waals surface area (Å²) in [4.78, 5) is 73.2. The van der Waals surface area contributed by atoms with E-state index in [1.54, 1.807) is 23.7 Å². The largest absolute Gasteiger partial charge is 0.354 e. The monoisotopic (exact) mass is 684 g/mol. The predicted octanol–water partition coefficient (Wildman–Crippen LogP) is 1.78. The molecule has 0 saturated carbocycles. The lowest BCUT2D eigenvalue weighted by molar-refractivity contribution is -0.132. The van der Waals surface area contributed by atoms with Crippen molar-refractivity contribution < 1.29 is 24.0 Å². The van der Waals surface area contributed by atoms with Crippen LogP contribution in [-0.2, 0) is 25.7 Å². The van der Waals surface area contributed by atoms with E-state index in [0.29, 0.717) is 35.6 Å². The number of carbonyl (C=O) groups is 5. The summed E-state index contributed by atoms with van der Waals surface area (Å²) in [6.45, 7) is 8.86. The number of aromatic nitrogens is 5. The van der Waals surface area contributed by atoms with Gasteiger partial charge in [0.05, 0.1) is 29.9 Å². The Morgan fingerprint density at radius 1 is 0.920 bits per heavy atom. The maximum atomic E-state index is 13.8. The number of fused-ring (bicyclic) bond motifs is 2. The minimum atomic E-state index is -1.00. The third kappa shape index (κ3) is 8.70. The summed E-state index contributed by atoms with van der Waals surface area (Å²) in [7, 11) is 0. The van der Waals surface area contributed by atoms with E-state index in [9.17, 15) is 24.0 Å². The molecule has 15 heteroatoms. The molecule has 0 bridgehead atoms. The average molecular weight is 685 g/mol. The Kier molecular flexibility index (Phi) is 11.2. The van der Waals surface area contributed by atoms with Crippen molar-refractivity contribution in [1.82, 2.24) is 50.5 Å². The normalized spacial score (nSPS) is 20.2. The highest BCUT2D eigenvalue weighted by molar-refractivity contribution is 6.02. The van der Waals surface area contributed by atoms with E-state index in [0.717, 1.165) is 11.1 Å². The van der Waals surface area contributed by atoms with Gasteiger partial charge in [-0.2, -0.15) is 10.2 Å². The van der Waals surface area contributed by atoms with Crippen LogP contribution in [0.25, 0.3) is 16.9 Å². The number of amides is 5. The fourth-order valence-electron chi connectivity index (χ4n) is 5.77. The smallest absolute Gasteiger partial charge is 0.258 e. The highest BCUT2D eigenvalue weighted by Gasteiger charge is 2.29. The molecule has 264 valence electrons. The molecule has 4 aromatic rings. The van der Waals surface area contributed by atoms with Gasteiger partial charge in [0.1, 0.15) is 24.5 Å². The number of pyridine rings is 1. The second-order valence-electron chi connectivity index (χ2n) is 13.1. The Balaban J connectivity index is 1.43. The zero-order valence-corrected chi connectivity index (χ0v) is 29.0. The second kappa shape index (κ2) is 15.7. The topological polar surface area (TPSA) is 185 Å². The lowest BCUT2D eigenvalue weighted by Crippen LogP contribution is -2.54. The Labute approximate surface area is 290 Å². The van der Waals surface area contributed by atoms with Gasteiger partial charge in [0.2, 0.25) is 23.6 Å². The molecule has 3 aromatic heterocycles. The van der Waals surface area contributed by atoms with Gasteiger partial charge in [0.15, 0.2) is 5.82 Å². The summed E-state index contributed by atoms with van der Waals surface area (Å²) in [6.07, 6.45) is 3.92. The minimum Gasteiger partial charge on any atom is -0.354 e. The summed E-state index contributed by atoms with van der Waals surface area (Å²) in [5.41, 5.74) is 2.61. The van der Waals surface area contributed by atoms with Crippen LogP contribution in [0, 0.1) is 12.8 Å². The van der Waals surface area contributed by atoms with Gasteiger partial charge < -0.3 is 26.2 Å². The quantitative estimate of drug-likeness (QED) is 0.251. The molecule has 0 unspecified atom stereocenters. The van der Waals surface area contributed by atoms with Crippen molar-refractivity contribution >= 4 is 35.1 Å². The highest BCUT2D eigenvalue weighted by Crippen LogP contribution is 2.20. The van der Waals surface area contributed by atoms with Crippen molar-refractivity contribution in [2.24, 2.45) is 5.92 Å². The molecule has 3 atom stereocenters. The van der Waals surface area contributed by atoms with Crippen LogP contribution in [0.3, 0.4) is 0 Å². The number of hydrogen-bond acceptors (Lipinski definition) is 8. The lowest BCUT2D eigenvalue weighted by Gasteiger charge is -2.25. The SMILES string of the molecule is Cc1ccc2c(C(=O)N3CCCNC(=O)Cn4nc(-c5ccccc5)nc4[C@H](C)NC(=O)[C@@H](CC(C)C)NC(=O)[C@@H](C)NC(=O)C3)cnn2c1. The number of hydrogen-bond donors (Lipinski definition) is 4. The van der Waals surface area contributed by atoms with E-state index in [1.165, 1.54) is 22.7 Å². The van der Waals surface area contributed by atoms with Crippen molar-refractivity contribution in [3.8, 4) is 11.4 Å². The molecule has 4 N–H and O–H groups in total. The fourth-order valence-corrected chi connectivity index (χ4v) is 5.77. The Bertz CT molecular complexity index is 1870. The van der Waals surface area contributed by atoms with Crippen molar-refractivity contribution in [3.05, 3.63) is 71.8 Å². The molecule has 0 fully saturated rings. The van der Waals surface area contributed by atoms with Crippen LogP contribution in [0.5, 0.6) is 0 Å². The van der Waals surface area contributed by atoms with Crippen LogP contribution in [0.15, 0.2) is 54.9 Å². The van der Waals surface area contributed by atoms with Gasteiger partial charge in [0.25, 0.3) is 5.91 Å². The molecule has 0 radical (unpaired) electrons. The van der Waals surface area contributed by atoms with E-state index >= 15 is 0 Å². The molecule has 5 amide bonds. The number of nitrogens with zero attached hydrogens (tertiary/aromatic N) is 6. The summed E-state index contributed by atoms with van der Waals surface area (Å²) in [5, 5.41) is 20.2. The number of rotatable bonds is 4. The number of nitrogens with one attached hydrogen (secondary N) is 4. The highest BCUT2D eigenvalue weighted by atomic mass is 16.2. The van der Waals surface area contributed by atoms with Gasteiger partial charge in [0, 0.05) is 24.8 Å². The third-order valence-electron chi connectivity index (χ3n) is 8.33. The Morgan fingerprint density at radius 2 is 1.68 bits per heavy atom. The molecule has 0 spiro atoms. The minimum absolute atomic E-state index is 0.0494. The van der Waals surface area contributed by atoms with Crippen LogP contribution < -0.4 is 21.3 Å². The lowest BCUT2D eigenvalue weighted by atomic mass is 10.0. The molecule has 1 aliphatic heterocycles. The Morgan fingerprint density at radius 3 is 2.42 bits per heavy atom. The third-order valence-corrected chi connectivity index (χ3v) is 8.33. The number of benzene rings is 1. The molecule has 5 rings (SSSR count). The zero-order chi connectivity index (χ0) is 35.9. The molecule has 0 aliphatic carbocycles. The first-order chi connectivity index (χ1) is 23.9. The van der Waals surface area contributed by atoms with Gasteiger partial charge >= 0.3 is 0 Å². The van der Waals surface area contributed by atoms with Gasteiger partial charge in [-0.1, -0.05) is 50.2 Å². The Hall–Kier alpha value is -5.60. The van der Waals surface area contributed by atoms with E-state index in [2.05, 4.69) is 36.4 Å². The molecular formula is C35H44N10O5. The van der Waals surface area contributed by atoms with E-state index in [1.807, 2.05) is 57.2 Å². The molecule has 1 aromatic carbocycles. The molecular weight excluding hydrogens is 640 g/mol. The fraction of sp³-hybridized carbons (Fsp3) is 0.429. The first kappa shape index (κ1) is 35.7. The van der Waals surface area contributed by atoms with Crippen LogP contribution in [0.4, 0.5) is 0 Å². The molecule has 0 saturated heterocycles. The van der Waals surface area contributed by atoms with Crippen LogP contribution in [0.2, 0.25) is 0 Å². The van der Waals surface area contributed by atoms with Crippen molar-refractivity contribution in [1.29, 1.82) is 0 Å². The van der Waals surface area contributed by atoms with Crippen LogP contribution >= 0.6 is 0 Å². The van der Waals surface area contributed by atoms with Gasteiger partial charge in [-0.25, -0.2) is 14.2 Å². The van der Waals surface area contributed by atoms with Crippen LogP contribution in [-0.4, -0.2) is 90.5 Å². The van der Waals surface area contributed by atoms with Gasteiger partial charge in [-0.05, 0) is 51.2 Å². The van der Waals surface area contributed by atoms with E-state index in [4.69, 9.17) is 0 Å². The van der Waals surface area contributed by atoms with Gasteiger partial charge in [-0.3, -0.25) is 24.0 Å². The molecule has 50 heavy (non-hydrogen) atoms. The number of carbonyl (C=O) groups excluding carboxylic acids is 5. The average Bonchev–Trinajstić information content (AvgIpc) is 3.69. The van der Waals surface area contributed by atoms with E-state index < -0.39 is 41.8 Å². The standard InChI is InChI=1S/C35H44N10O5/c1-21(2)16-27-34(49)39-23(4)32-41-31(25-10-7-6-8-11-25)42-45(32)20-29(46)36-14-9-15-43(19-30(47)38-24(5)33(48)40-27)35(50)26-17-37-44-18-22(3)12-13-28(26)44/h6-8,10-13,17-18,21,23-24,27H,9,14-16,19-20H2,1-5H3,(H,36,46)(H,38,47)(H,39,49)(H,40,48)/t23-,24+,27+/m0/s1. The maximum absolute atomic E-state index is 13.8. The molecule has 15 nitrogen and oxygen atoms in total. The summed E-state index contributed by atoms with van der Waals surface area (Å²) in [6, 6.07) is 10.4. The van der Waals surface area contributed by atoms with Crippen molar-refractivity contribution in [2.45, 2.75) is 72.1 Å².